The standard InChI is InChI=1S/C29H34NO5.C24H29O.U/c1-2-28(31)34-17-16-33-25-12-10-21(11-13-25)20-6-8-22(9-7-20)29(32)35-26-14-15-27-23(18-26)4-3-5-24(27)19-30;1-2-3-4-5-19-6-10-21(11-7-19)23-14-16-24(17-15-23)22-12-8-20(18-25)9-13-22;/h2-4,14-15,18-22,25,30H,1,6-13,16-17H2;8-9,12-17,19,21H,2-7,10-11H2,1H3;/q2*-1;+2. The maximum Gasteiger partial charge on any atom is 2.00 e. The summed E-state index contributed by atoms with van der Waals surface area (Å²) in [6.45, 7) is 6.37. The van der Waals surface area contributed by atoms with E-state index in [0.29, 0.717) is 29.8 Å². The van der Waals surface area contributed by atoms with Crippen LogP contribution in [0, 0.1) is 66.3 Å². The first-order valence-corrected chi connectivity index (χ1v) is 22.5. The van der Waals surface area contributed by atoms with E-state index in [2.05, 4.69) is 43.8 Å². The van der Waals surface area contributed by atoms with E-state index in [0.717, 1.165) is 91.2 Å². The van der Waals surface area contributed by atoms with Gasteiger partial charge in [-0.3, -0.25) is 4.79 Å². The Labute approximate surface area is 387 Å². The number of esters is 2. The second-order valence-corrected chi connectivity index (χ2v) is 17.1. The van der Waals surface area contributed by atoms with Gasteiger partial charge < -0.3 is 24.4 Å². The van der Waals surface area contributed by atoms with Crippen molar-refractivity contribution in [1.29, 1.82) is 5.41 Å². The monoisotopic (exact) mass is 1050 g/mol. The Morgan fingerprint density at radius 1 is 0.803 bits per heavy atom. The van der Waals surface area contributed by atoms with Crippen LogP contribution in [-0.4, -0.2) is 43.8 Å². The van der Waals surface area contributed by atoms with E-state index < -0.39 is 5.97 Å². The Hall–Kier alpha value is -3.83. The molecule has 8 heteroatoms. The number of hydrogen-bond donors (Lipinski definition) is 1. The van der Waals surface area contributed by atoms with Crippen molar-refractivity contribution in [3.8, 4) is 16.9 Å². The largest absolute Gasteiger partial charge is 2.00 e. The summed E-state index contributed by atoms with van der Waals surface area (Å²) < 4.78 is 16.6. The normalized spacial score (nSPS) is 22.4. The minimum atomic E-state index is -0.412. The Bertz CT molecular complexity index is 1990. The van der Waals surface area contributed by atoms with Crippen molar-refractivity contribution in [2.75, 3.05) is 13.2 Å². The molecule has 0 bridgehead atoms. The van der Waals surface area contributed by atoms with Gasteiger partial charge in [0, 0.05) is 6.08 Å². The van der Waals surface area contributed by atoms with Crippen LogP contribution < -0.4 is 4.74 Å². The first kappa shape index (κ1) is 48.2. The minimum absolute atomic E-state index is 0. The molecule has 0 saturated heterocycles. The zero-order valence-corrected chi connectivity index (χ0v) is 40.2. The fourth-order valence-electron chi connectivity index (χ4n) is 9.72. The third-order valence-electron chi connectivity index (χ3n) is 13.3. The van der Waals surface area contributed by atoms with E-state index in [9.17, 15) is 14.4 Å². The van der Waals surface area contributed by atoms with Crippen molar-refractivity contribution in [2.24, 2.45) is 23.7 Å². The molecule has 3 saturated carbocycles. The molecule has 7 nitrogen and oxygen atoms in total. The number of fused-ring (bicyclic) bond motifs is 1. The molecule has 61 heavy (non-hydrogen) atoms. The molecule has 1 N–H and O–H groups in total. The second-order valence-electron chi connectivity index (χ2n) is 17.1. The predicted octanol–water partition coefficient (Wildman–Crippen LogP) is 12.3. The van der Waals surface area contributed by atoms with E-state index in [-0.39, 0.29) is 55.7 Å². The first-order chi connectivity index (χ1) is 29.4. The van der Waals surface area contributed by atoms with Crippen LogP contribution >= 0.6 is 0 Å². The Kier molecular flexibility index (Phi) is 20.0. The maximum absolute atomic E-state index is 12.8. The second kappa shape index (κ2) is 25.3. The summed E-state index contributed by atoms with van der Waals surface area (Å²) >= 11 is 0. The maximum atomic E-state index is 12.8. The van der Waals surface area contributed by atoms with E-state index in [4.69, 9.17) is 19.6 Å². The van der Waals surface area contributed by atoms with Crippen LogP contribution in [0.3, 0.4) is 0 Å². The smallest absolute Gasteiger partial charge is 0.460 e. The van der Waals surface area contributed by atoms with Crippen LogP contribution in [0.1, 0.15) is 132 Å². The summed E-state index contributed by atoms with van der Waals surface area (Å²) in [6, 6.07) is 29.0. The summed E-state index contributed by atoms with van der Waals surface area (Å²) in [7, 11) is 0. The van der Waals surface area contributed by atoms with E-state index in [1.165, 1.54) is 68.7 Å². The summed E-state index contributed by atoms with van der Waals surface area (Å²) in [5.41, 5.74) is 5.21. The Morgan fingerprint density at radius 2 is 1.46 bits per heavy atom. The van der Waals surface area contributed by atoms with Gasteiger partial charge in [0.15, 0.2) is 0 Å². The average Bonchev–Trinajstić information content (AvgIpc) is 3.31. The number of unbranched alkanes of at least 4 members (excludes halogenated alkanes) is 2. The number of hydrogen-bond acceptors (Lipinski definition) is 7. The SMILES string of the molecule is C=CC(=O)OCCOC1CCC(C2CCC(C(=O)Oc3ccc4c(C=N)[c-]ccc4c3)CC2)CC1.CCCCCC1CCC(c2ccc(-c3ccc([C-]=O)cc3)cc2)CC1.[U+2]. The molecule has 320 valence electrons. The molecule has 0 atom stereocenters. The molecular formula is C53H63NO6U. The van der Waals surface area contributed by atoms with Gasteiger partial charge in [0.2, 0.25) is 0 Å². The Balaban J connectivity index is 0.000000240. The van der Waals surface area contributed by atoms with Gasteiger partial charge in [-0.2, -0.15) is 17.7 Å². The van der Waals surface area contributed by atoms with Crippen LogP contribution in [0.4, 0.5) is 0 Å². The van der Waals surface area contributed by atoms with Crippen molar-refractivity contribution < 1.29 is 59.7 Å². The third-order valence-corrected chi connectivity index (χ3v) is 13.3. The summed E-state index contributed by atoms with van der Waals surface area (Å²) in [4.78, 5) is 34.5. The van der Waals surface area contributed by atoms with Gasteiger partial charge >= 0.3 is 43.1 Å². The van der Waals surface area contributed by atoms with Crippen LogP contribution in [0.25, 0.3) is 21.9 Å². The topological polar surface area (TPSA) is 103 Å². The minimum Gasteiger partial charge on any atom is -0.460 e. The number of benzene rings is 4. The molecule has 3 aliphatic carbocycles. The molecule has 7 rings (SSSR count). The number of nitrogens with one attached hydrogen (secondary N) is 1. The fraction of sp³-hybridized carbons (Fsp3) is 0.472. The molecule has 0 aliphatic heterocycles. The molecule has 0 heterocycles. The van der Waals surface area contributed by atoms with Crippen molar-refractivity contribution in [1.82, 2.24) is 0 Å². The number of carbonyl (C=O) groups excluding carboxylic acids is 3. The summed E-state index contributed by atoms with van der Waals surface area (Å²) in [6.07, 6.45) is 24.0. The average molecular weight is 1050 g/mol. The summed E-state index contributed by atoms with van der Waals surface area (Å²) in [5.74, 6) is 3.05. The van der Waals surface area contributed by atoms with Gasteiger partial charge in [0.25, 0.3) is 0 Å². The molecule has 3 aliphatic rings. The van der Waals surface area contributed by atoms with Crippen molar-refractivity contribution >= 4 is 35.2 Å². The number of ether oxygens (including phenoxy) is 3. The number of rotatable bonds is 16. The van der Waals surface area contributed by atoms with Crippen molar-refractivity contribution in [2.45, 2.75) is 122 Å². The zero-order valence-electron chi connectivity index (χ0n) is 36.0. The molecular weight excluding hydrogens is 985 g/mol. The van der Waals surface area contributed by atoms with Gasteiger partial charge in [0.1, 0.15) is 12.4 Å². The molecule has 0 unspecified atom stereocenters. The quantitative estimate of drug-likeness (QED) is 0.0299. The Morgan fingerprint density at radius 3 is 2.08 bits per heavy atom. The van der Waals surface area contributed by atoms with Gasteiger partial charge in [-0.25, -0.2) is 4.79 Å². The van der Waals surface area contributed by atoms with E-state index in [1.54, 1.807) is 12.1 Å². The number of carbonyl (C=O) groups is 2. The van der Waals surface area contributed by atoms with Gasteiger partial charge in [0.05, 0.1) is 24.9 Å². The molecule has 0 radical (unpaired) electrons. The van der Waals surface area contributed by atoms with Crippen molar-refractivity contribution in [3.05, 3.63) is 114 Å². The zero-order chi connectivity index (χ0) is 42.1. The molecule has 3 fully saturated rings. The molecule has 0 amide bonds. The van der Waals surface area contributed by atoms with Crippen LogP contribution in [0.15, 0.2) is 91.5 Å². The van der Waals surface area contributed by atoms with Gasteiger partial charge in [-0.15, -0.1) is 35.9 Å². The van der Waals surface area contributed by atoms with E-state index in [1.807, 2.05) is 48.8 Å². The molecule has 0 spiro atoms. The molecule has 4 aromatic rings. The molecule has 4 aromatic carbocycles. The van der Waals surface area contributed by atoms with Crippen molar-refractivity contribution in [3.63, 3.8) is 0 Å². The fourth-order valence-corrected chi connectivity index (χ4v) is 9.72. The van der Waals surface area contributed by atoms with Crippen LogP contribution in [-0.2, 0) is 23.9 Å². The van der Waals surface area contributed by atoms with Gasteiger partial charge in [-0.05, 0) is 130 Å². The third kappa shape index (κ3) is 14.4. The predicted molar refractivity (Wildman–Crippen MR) is 240 cm³/mol. The first-order valence-electron chi connectivity index (χ1n) is 22.5. The summed E-state index contributed by atoms with van der Waals surface area (Å²) in [5, 5.41) is 9.38. The van der Waals surface area contributed by atoms with Crippen LogP contribution in [0.5, 0.6) is 5.75 Å². The van der Waals surface area contributed by atoms with E-state index >= 15 is 0 Å². The van der Waals surface area contributed by atoms with Gasteiger partial charge in [-0.1, -0.05) is 86.5 Å². The molecule has 0 aromatic heterocycles. The van der Waals surface area contributed by atoms with Crippen LogP contribution in [0.2, 0.25) is 0 Å².